The lowest BCUT2D eigenvalue weighted by Gasteiger charge is -2.10. The van der Waals surface area contributed by atoms with Gasteiger partial charge in [0.15, 0.2) is 0 Å². The Morgan fingerprint density at radius 1 is 0.862 bits per heavy atom. The monoisotopic (exact) mass is 389 g/mol. The maximum atomic E-state index is 12.6. The first-order valence-electron chi connectivity index (χ1n) is 8.79. The first-order valence-corrected chi connectivity index (χ1v) is 8.79. The van der Waals surface area contributed by atoms with Crippen molar-refractivity contribution in [3.05, 3.63) is 89.2 Å². The van der Waals surface area contributed by atoms with Gasteiger partial charge in [-0.3, -0.25) is 14.6 Å². The number of nitrogens with zero attached hydrogens (tertiary/aromatic N) is 1. The van der Waals surface area contributed by atoms with E-state index in [1.54, 1.807) is 30.3 Å². The Bertz CT molecular complexity index is 1080. The fraction of sp³-hybridized carbons (Fsp3) is 0.0909. The van der Waals surface area contributed by atoms with E-state index >= 15 is 0 Å². The number of para-hydroxylation sites is 1. The molecule has 7 heteroatoms. The highest BCUT2D eigenvalue weighted by molar-refractivity contribution is 6.10. The van der Waals surface area contributed by atoms with Crippen LogP contribution in [0.25, 0.3) is 0 Å². The van der Waals surface area contributed by atoms with Crippen LogP contribution < -0.4 is 10.6 Å². The molecule has 1 aromatic heterocycles. The van der Waals surface area contributed by atoms with Crippen LogP contribution in [0.2, 0.25) is 0 Å². The van der Waals surface area contributed by atoms with E-state index in [-0.39, 0.29) is 22.6 Å². The number of hydrogen-bond acceptors (Lipinski definition) is 5. The van der Waals surface area contributed by atoms with Gasteiger partial charge in [0.1, 0.15) is 0 Å². The van der Waals surface area contributed by atoms with Gasteiger partial charge in [-0.15, -0.1) is 0 Å². The summed E-state index contributed by atoms with van der Waals surface area (Å²) in [5, 5.41) is 5.43. The number of aromatic nitrogens is 1. The standard InChI is InChI=1S/C22H19N3O4/c1-14-6-5-7-17(10-14)24-20(26)15-11-16(13-23-12-15)21(27)25-19-9-4-3-8-18(19)22(28)29-2/h3-13H,1-2H3,(H,24,26)(H,25,27). The normalized spacial score (nSPS) is 10.1. The largest absolute Gasteiger partial charge is 0.465 e. The van der Waals surface area contributed by atoms with Crippen molar-refractivity contribution >= 4 is 29.2 Å². The molecule has 3 rings (SSSR count). The van der Waals surface area contributed by atoms with Crippen LogP contribution in [0.3, 0.4) is 0 Å². The smallest absolute Gasteiger partial charge is 0.339 e. The van der Waals surface area contributed by atoms with Crippen molar-refractivity contribution in [2.45, 2.75) is 6.92 Å². The zero-order chi connectivity index (χ0) is 20.8. The number of nitrogens with one attached hydrogen (secondary N) is 2. The minimum absolute atomic E-state index is 0.182. The third kappa shape index (κ3) is 4.84. The molecule has 7 nitrogen and oxygen atoms in total. The second-order valence-electron chi connectivity index (χ2n) is 6.28. The molecule has 3 aromatic rings. The van der Waals surface area contributed by atoms with Gasteiger partial charge in [0.05, 0.1) is 29.5 Å². The highest BCUT2D eigenvalue weighted by atomic mass is 16.5. The maximum absolute atomic E-state index is 12.6. The van der Waals surface area contributed by atoms with E-state index in [4.69, 9.17) is 4.74 Å². The van der Waals surface area contributed by atoms with Crippen molar-refractivity contribution in [1.29, 1.82) is 0 Å². The van der Waals surface area contributed by atoms with E-state index in [2.05, 4.69) is 15.6 Å². The molecule has 0 spiro atoms. The molecule has 146 valence electrons. The van der Waals surface area contributed by atoms with Crippen LogP contribution in [0.5, 0.6) is 0 Å². The van der Waals surface area contributed by atoms with Gasteiger partial charge in [-0.05, 0) is 42.8 Å². The molecule has 1 heterocycles. The topological polar surface area (TPSA) is 97.4 Å². The lowest BCUT2D eigenvalue weighted by Crippen LogP contribution is -2.17. The molecular formula is C22H19N3O4. The number of anilines is 2. The van der Waals surface area contributed by atoms with E-state index in [1.165, 1.54) is 25.6 Å². The first-order chi connectivity index (χ1) is 14.0. The van der Waals surface area contributed by atoms with Crippen LogP contribution in [0.4, 0.5) is 11.4 Å². The van der Waals surface area contributed by atoms with Gasteiger partial charge in [0, 0.05) is 18.1 Å². The molecule has 0 saturated heterocycles. The Kier molecular flexibility index (Phi) is 5.99. The van der Waals surface area contributed by atoms with Crippen LogP contribution in [0.15, 0.2) is 67.0 Å². The van der Waals surface area contributed by atoms with Crippen molar-refractivity contribution in [1.82, 2.24) is 4.98 Å². The van der Waals surface area contributed by atoms with Gasteiger partial charge in [-0.25, -0.2) is 4.79 Å². The van der Waals surface area contributed by atoms with Crippen LogP contribution >= 0.6 is 0 Å². The lowest BCUT2D eigenvalue weighted by atomic mass is 10.1. The Morgan fingerprint density at radius 2 is 1.55 bits per heavy atom. The average Bonchev–Trinajstić information content (AvgIpc) is 2.73. The molecule has 0 fully saturated rings. The summed E-state index contributed by atoms with van der Waals surface area (Å²) in [4.78, 5) is 41.0. The van der Waals surface area contributed by atoms with Crippen molar-refractivity contribution < 1.29 is 19.1 Å². The number of carbonyl (C=O) groups is 3. The molecule has 0 aliphatic rings. The lowest BCUT2D eigenvalue weighted by molar-refractivity contribution is 0.0601. The number of aryl methyl sites for hydroxylation is 1. The SMILES string of the molecule is COC(=O)c1ccccc1NC(=O)c1cncc(C(=O)Nc2cccc(C)c2)c1. The molecule has 0 saturated carbocycles. The Hall–Kier alpha value is -4.00. The minimum atomic E-state index is -0.565. The molecule has 2 aromatic carbocycles. The summed E-state index contributed by atoms with van der Waals surface area (Å²) >= 11 is 0. The van der Waals surface area contributed by atoms with E-state index in [9.17, 15) is 14.4 Å². The Labute approximate surface area is 167 Å². The van der Waals surface area contributed by atoms with Gasteiger partial charge in [0.25, 0.3) is 11.8 Å². The summed E-state index contributed by atoms with van der Waals surface area (Å²) in [7, 11) is 1.27. The number of benzene rings is 2. The zero-order valence-corrected chi connectivity index (χ0v) is 15.9. The molecule has 0 radical (unpaired) electrons. The van der Waals surface area contributed by atoms with Crippen molar-refractivity contribution in [2.24, 2.45) is 0 Å². The van der Waals surface area contributed by atoms with Crippen LogP contribution in [-0.4, -0.2) is 29.9 Å². The van der Waals surface area contributed by atoms with E-state index in [0.29, 0.717) is 11.4 Å². The molecule has 2 amide bonds. The molecule has 0 aliphatic carbocycles. The number of esters is 1. The van der Waals surface area contributed by atoms with Gasteiger partial charge in [-0.2, -0.15) is 0 Å². The van der Waals surface area contributed by atoms with Gasteiger partial charge in [0.2, 0.25) is 0 Å². The van der Waals surface area contributed by atoms with E-state index in [1.807, 2.05) is 25.1 Å². The van der Waals surface area contributed by atoms with Crippen molar-refractivity contribution in [2.75, 3.05) is 17.7 Å². The first kappa shape index (κ1) is 19.8. The van der Waals surface area contributed by atoms with Gasteiger partial charge >= 0.3 is 5.97 Å². The fourth-order valence-corrected chi connectivity index (χ4v) is 2.69. The van der Waals surface area contributed by atoms with Gasteiger partial charge < -0.3 is 15.4 Å². The molecule has 0 aliphatic heterocycles. The number of hydrogen-bond donors (Lipinski definition) is 2. The Morgan fingerprint density at radius 3 is 2.24 bits per heavy atom. The summed E-state index contributed by atoms with van der Waals surface area (Å²) < 4.78 is 4.72. The maximum Gasteiger partial charge on any atom is 0.339 e. The molecule has 2 N–H and O–H groups in total. The van der Waals surface area contributed by atoms with Crippen molar-refractivity contribution in [3.63, 3.8) is 0 Å². The van der Waals surface area contributed by atoms with Gasteiger partial charge in [-0.1, -0.05) is 24.3 Å². The summed E-state index contributed by atoms with van der Waals surface area (Å²) in [5.41, 5.74) is 2.61. The average molecular weight is 389 g/mol. The predicted octanol–water partition coefficient (Wildman–Crippen LogP) is 3.68. The molecule has 0 bridgehead atoms. The van der Waals surface area contributed by atoms with Crippen molar-refractivity contribution in [3.8, 4) is 0 Å². The molecule has 0 atom stereocenters. The zero-order valence-electron chi connectivity index (χ0n) is 15.9. The number of methoxy groups -OCH3 is 1. The Balaban J connectivity index is 1.78. The summed E-state index contributed by atoms with van der Waals surface area (Å²) in [6.45, 7) is 1.92. The highest BCUT2D eigenvalue weighted by Crippen LogP contribution is 2.18. The highest BCUT2D eigenvalue weighted by Gasteiger charge is 2.16. The molecule has 29 heavy (non-hydrogen) atoms. The number of carbonyl (C=O) groups excluding carboxylic acids is 3. The number of amides is 2. The third-order valence-corrected chi connectivity index (χ3v) is 4.12. The summed E-state index contributed by atoms with van der Waals surface area (Å²) in [5.74, 6) is -1.45. The number of ether oxygens (including phenoxy) is 1. The number of rotatable bonds is 5. The minimum Gasteiger partial charge on any atom is -0.465 e. The van der Waals surface area contributed by atoms with E-state index < -0.39 is 11.9 Å². The molecule has 0 unspecified atom stereocenters. The third-order valence-electron chi connectivity index (χ3n) is 4.12. The van der Waals surface area contributed by atoms with Crippen LogP contribution in [0, 0.1) is 6.92 Å². The molecular weight excluding hydrogens is 370 g/mol. The van der Waals surface area contributed by atoms with E-state index in [0.717, 1.165) is 5.56 Å². The summed E-state index contributed by atoms with van der Waals surface area (Å²) in [6.07, 6.45) is 2.73. The van der Waals surface area contributed by atoms with Crippen LogP contribution in [-0.2, 0) is 4.74 Å². The number of pyridine rings is 1. The quantitative estimate of drug-likeness (QED) is 0.649. The van der Waals surface area contributed by atoms with Crippen LogP contribution in [0.1, 0.15) is 36.6 Å². The second-order valence-corrected chi connectivity index (χ2v) is 6.28. The second kappa shape index (κ2) is 8.79. The summed E-state index contributed by atoms with van der Waals surface area (Å²) in [6, 6.07) is 15.3. The fourth-order valence-electron chi connectivity index (χ4n) is 2.69. The predicted molar refractivity (Wildman–Crippen MR) is 109 cm³/mol.